The van der Waals surface area contributed by atoms with Crippen molar-refractivity contribution in [3.05, 3.63) is 52.5 Å². The molecular formula is C20H20ClN3O3S. The van der Waals surface area contributed by atoms with Crippen molar-refractivity contribution in [1.29, 1.82) is 0 Å². The highest BCUT2D eigenvalue weighted by atomic mass is 35.5. The molecule has 0 aliphatic carbocycles. The molecule has 6 nitrogen and oxygen atoms in total. The normalized spacial score (nSPS) is 11.8. The predicted octanol–water partition coefficient (Wildman–Crippen LogP) is 4.89. The Kier molecular flexibility index (Phi) is 6.16. The lowest BCUT2D eigenvalue weighted by Gasteiger charge is -2.15. The molecule has 1 amide bonds. The van der Waals surface area contributed by atoms with E-state index in [2.05, 4.69) is 15.5 Å². The number of ether oxygens (including phenoxy) is 2. The van der Waals surface area contributed by atoms with E-state index >= 15 is 0 Å². The molecule has 3 aromatic rings. The molecule has 1 N–H and O–H groups in total. The van der Waals surface area contributed by atoms with Crippen LogP contribution in [0.4, 0.5) is 5.13 Å². The van der Waals surface area contributed by atoms with Gasteiger partial charge in [0.2, 0.25) is 5.13 Å². The number of methoxy groups -OCH3 is 1. The van der Waals surface area contributed by atoms with Gasteiger partial charge in [-0.05, 0) is 68.3 Å². The summed E-state index contributed by atoms with van der Waals surface area (Å²) in [6, 6.07) is 11.1. The average molecular weight is 418 g/mol. The van der Waals surface area contributed by atoms with Gasteiger partial charge in [-0.2, -0.15) is 0 Å². The first-order chi connectivity index (χ1) is 13.4. The van der Waals surface area contributed by atoms with Crippen LogP contribution in [0.3, 0.4) is 0 Å². The fourth-order valence-corrected chi connectivity index (χ4v) is 3.42. The first-order valence-corrected chi connectivity index (χ1v) is 9.79. The number of nitrogens with one attached hydrogen (secondary N) is 1. The molecule has 0 spiro atoms. The van der Waals surface area contributed by atoms with Crippen LogP contribution in [0.5, 0.6) is 11.5 Å². The van der Waals surface area contributed by atoms with Crippen LogP contribution in [-0.2, 0) is 4.79 Å². The minimum absolute atomic E-state index is 0.303. The highest BCUT2D eigenvalue weighted by molar-refractivity contribution is 7.18. The van der Waals surface area contributed by atoms with Crippen LogP contribution in [0, 0.1) is 13.8 Å². The van der Waals surface area contributed by atoms with Gasteiger partial charge in [-0.15, -0.1) is 10.2 Å². The number of carbonyl (C=O) groups excluding carboxylic acids is 1. The maximum absolute atomic E-state index is 12.4. The zero-order valence-corrected chi connectivity index (χ0v) is 17.5. The topological polar surface area (TPSA) is 73.3 Å². The van der Waals surface area contributed by atoms with Crippen LogP contribution in [-0.4, -0.2) is 29.3 Å². The van der Waals surface area contributed by atoms with Crippen molar-refractivity contribution in [2.45, 2.75) is 26.9 Å². The fraction of sp³-hybridized carbons (Fsp3) is 0.250. The molecule has 0 aliphatic heterocycles. The molecule has 1 aromatic heterocycles. The summed E-state index contributed by atoms with van der Waals surface area (Å²) in [6.07, 6.45) is -0.701. The lowest BCUT2D eigenvalue weighted by molar-refractivity contribution is -0.122. The van der Waals surface area contributed by atoms with Crippen molar-refractivity contribution in [2.75, 3.05) is 12.4 Å². The SMILES string of the molecule is COc1ccc(-c2nnc(NC(=O)[C@H](C)Oc3cc(C)c(Cl)c(C)c3)s2)cc1. The van der Waals surface area contributed by atoms with Crippen molar-refractivity contribution >= 4 is 34.0 Å². The van der Waals surface area contributed by atoms with Crippen molar-refractivity contribution < 1.29 is 14.3 Å². The first-order valence-electron chi connectivity index (χ1n) is 8.59. The number of rotatable bonds is 6. The van der Waals surface area contributed by atoms with Gasteiger partial charge in [0.15, 0.2) is 6.10 Å². The van der Waals surface area contributed by atoms with Gasteiger partial charge in [0.05, 0.1) is 7.11 Å². The summed E-state index contributed by atoms with van der Waals surface area (Å²) < 4.78 is 10.9. The Morgan fingerprint density at radius 3 is 2.36 bits per heavy atom. The number of halogens is 1. The van der Waals surface area contributed by atoms with Crippen LogP contribution in [0.1, 0.15) is 18.1 Å². The monoisotopic (exact) mass is 417 g/mol. The highest BCUT2D eigenvalue weighted by Gasteiger charge is 2.18. The van der Waals surface area contributed by atoms with Gasteiger partial charge in [0, 0.05) is 10.6 Å². The van der Waals surface area contributed by atoms with E-state index in [-0.39, 0.29) is 5.91 Å². The lowest BCUT2D eigenvalue weighted by atomic mass is 10.1. The summed E-state index contributed by atoms with van der Waals surface area (Å²) in [4.78, 5) is 12.4. The van der Waals surface area contributed by atoms with E-state index in [1.54, 1.807) is 14.0 Å². The molecule has 3 rings (SSSR count). The standard InChI is InChI=1S/C20H20ClN3O3S/c1-11-9-16(10-12(2)17(11)21)27-13(3)18(25)22-20-24-23-19(28-20)14-5-7-15(26-4)8-6-14/h5-10,13H,1-4H3,(H,22,24,25)/t13-/m0/s1. The van der Waals surface area contributed by atoms with Gasteiger partial charge in [-0.1, -0.05) is 22.9 Å². The Morgan fingerprint density at radius 1 is 1.11 bits per heavy atom. The summed E-state index contributed by atoms with van der Waals surface area (Å²) in [5.41, 5.74) is 2.70. The second-order valence-corrected chi connectivity index (χ2v) is 7.62. The van der Waals surface area contributed by atoms with E-state index in [0.717, 1.165) is 22.4 Å². The number of hydrogen-bond acceptors (Lipinski definition) is 6. The number of aromatic nitrogens is 2. The number of aryl methyl sites for hydroxylation is 2. The van der Waals surface area contributed by atoms with E-state index in [0.29, 0.717) is 20.9 Å². The summed E-state index contributed by atoms with van der Waals surface area (Å²) in [5, 5.41) is 12.7. The van der Waals surface area contributed by atoms with E-state index in [1.807, 2.05) is 50.2 Å². The van der Waals surface area contributed by atoms with Gasteiger partial charge in [0.1, 0.15) is 16.5 Å². The minimum atomic E-state index is -0.701. The average Bonchev–Trinajstić information content (AvgIpc) is 3.14. The Balaban J connectivity index is 1.65. The van der Waals surface area contributed by atoms with Gasteiger partial charge in [0.25, 0.3) is 5.91 Å². The minimum Gasteiger partial charge on any atom is -0.497 e. The summed E-state index contributed by atoms with van der Waals surface area (Å²) >= 11 is 7.46. The molecule has 1 heterocycles. The first kappa shape index (κ1) is 20.1. The zero-order chi connectivity index (χ0) is 20.3. The molecule has 0 fully saturated rings. The largest absolute Gasteiger partial charge is 0.497 e. The number of nitrogens with zero attached hydrogens (tertiary/aromatic N) is 2. The zero-order valence-electron chi connectivity index (χ0n) is 15.9. The summed E-state index contributed by atoms with van der Waals surface area (Å²) in [6.45, 7) is 5.48. The van der Waals surface area contributed by atoms with E-state index in [4.69, 9.17) is 21.1 Å². The fourth-order valence-electron chi connectivity index (χ4n) is 2.56. The third-order valence-electron chi connectivity index (χ3n) is 4.08. The molecule has 8 heteroatoms. The number of hydrogen-bond donors (Lipinski definition) is 1. The maximum Gasteiger partial charge on any atom is 0.266 e. The van der Waals surface area contributed by atoms with Crippen LogP contribution in [0.15, 0.2) is 36.4 Å². The third kappa shape index (κ3) is 4.61. The van der Waals surface area contributed by atoms with Gasteiger partial charge in [-0.25, -0.2) is 0 Å². The number of benzene rings is 2. The Morgan fingerprint density at radius 2 is 1.75 bits per heavy atom. The molecule has 0 saturated heterocycles. The molecule has 0 bridgehead atoms. The van der Waals surface area contributed by atoms with E-state index < -0.39 is 6.10 Å². The Hall–Kier alpha value is -2.64. The van der Waals surface area contributed by atoms with Gasteiger partial charge in [-0.3, -0.25) is 10.1 Å². The Bertz CT molecular complexity index is 966. The van der Waals surface area contributed by atoms with Crippen molar-refractivity contribution in [3.63, 3.8) is 0 Å². The molecule has 0 unspecified atom stereocenters. The summed E-state index contributed by atoms with van der Waals surface area (Å²) in [5.74, 6) is 1.06. The van der Waals surface area contributed by atoms with Crippen LogP contribution in [0.25, 0.3) is 10.6 Å². The van der Waals surface area contributed by atoms with Crippen LogP contribution >= 0.6 is 22.9 Å². The third-order valence-corrected chi connectivity index (χ3v) is 5.57. The van der Waals surface area contributed by atoms with Crippen LogP contribution in [0.2, 0.25) is 5.02 Å². The Labute approximate surface area is 172 Å². The molecule has 146 valence electrons. The van der Waals surface area contributed by atoms with Crippen molar-refractivity contribution in [1.82, 2.24) is 10.2 Å². The molecule has 0 radical (unpaired) electrons. The quantitative estimate of drug-likeness (QED) is 0.618. The molecule has 0 saturated carbocycles. The number of amides is 1. The second kappa shape index (κ2) is 8.58. The number of carbonyl (C=O) groups is 1. The van der Waals surface area contributed by atoms with Gasteiger partial charge >= 0.3 is 0 Å². The molecular weight excluding hydrogens is 398 g/mol. The molecule has 0 aliphatic rings. The van der Waals surface area contributed by atoms with E-state index in [1.165, 1.54) is 11.3 Å². The maximum atomic E-state index is 12.4. The van der Waals surface area contributed by atoms with Gasteiger partial charge < -0.3 is 9.47 Å². The summed E-state index contributed by atoms with van der Waals surface area (Å²) in [7, 11) is 1.61. The lowest BCUT2D eigenvalue weighted by Crippen LogP contribution is -2.30. The highest BCUT2D eigenvalue weighted by Crippen LogP contribution is 2.29. The van der Waals surface area contributed by atoms with E-state index in [9.17, 15) is 4.79 Å². The molecule has 28 heavy (non-hydrogen) atoms. The number of anilines is 1. The predicted molar refractivity (Wildman–Crippen MR) is 112 cm³/mol. The molecule has 2 aromatic carbocycles. The molecule has 1 atom stereocenters. The van der Waals surface area contributed by atoms with Crippen LogP contribution < -0.4 is 14.8 Å². The van der Waals surface area contributed by atoms with Crippen molar-refractivity contribution in [2.24, 2.45) is 0 Å². The van der Waals surface area contributed by atoms with Crippen molar-refractivity contribution in [3.8, 4) is 22.1 Å². The second-order valence-electron chi connectivity index (χ2n) is 6.26. The smallest absolute Gasteiger partial charge is 0.266 e.